The molecular formula is C46H66N4O3. The molecule has 288 valence electrons. The van der Waals surface area contributed by atoms with Gasteiger partial charge in [-0.3, -0.25) is 0 Å². The van der Waals surface area contributed by atoms with Gasteiger partial charge in [-0.15, -0.1) is 0 Å². The Hall–Kier alpha value is -4.36. The molecule has 0 saturated carbocycles. The molecule has 0 spiro atoms. The van der Waals surface area contributed by atoms with Crippen molar-refractivity contribution in [3.8, 4) is 11.5 Å². The van der Waals surface area contributed by atoms with Crippen LogP contribution in [0.5, 0.6) is 11.5 Å². The number of nitrogens with zero attached hydrogens (tertiary/aromatic N) is 4. The molecular weight excluding hydrogens is 657 g/mol. The average molecular weight is 723 g/mol. The van der Waals surface area contributed by atoms with Crippen LogP contribution in [0.25, 0.3) is 0 Å². The van der Waals surface area contributed by atoms with Crippen molar-refractivity contribution >= 4 is 22.7 Å². The molecule has 0 heterocycles. The lowest BCUT2D eigenvalue weighted by molar-refractivity contribution is 0.0278. The normalized spacial score (nSPS) is 12.3. The van der Waals surface area contributed by atoms with Crippen LogP contribution in [0, 0.1) is 0 Å². The van der Waals surface area contributed by atoms with E-state index in [0.717, 1.165) is 97.5 Å². The Morgan fingerprint density at radius 2 is 0.660 bits per heavy atom. The van der Waals surface area contributed by atoms with E-state index < -0.39 is 12.2 Å². The number of anilines is 4. The minimum absolute atomic E-state index is 0.433. The minimum Gasteiger partial charge on any atom is -0.493 e. The zero-order chi connectivity index (χ0) is 38.3. The summed E-state index contributed by atoms with van der Waals surface area (Å²) in [6, 6.07) is 31.0. The van der Waals surface area contributed by atoms with E-state index in [1.807, 2.05) is 0 Å². The van der Waals surface area contributed by atoms with Crippen molar-refractivity contribution < 1.29 is 14.2 Å². The van der Waals surface area contributed by atoms with Gasteiger partial charge in [-0.1, -0.05) is 36.4 Å². The summed E-state index contributed by atoms with van der Waals surface area (Å²) in [5.41, 5.74) is 8.84. The van der Waals surface area contributed by atoms with Crippen LogP contribution in [0.3, 0.4) is 0 Å². The van der Waals surface area contributed by atoms with Crippen molar-refractivity contribution in [3.63, 3.8) is 0 Å². The third kappa shape index (κ3) is 10.00. The maximum absolute atomic E-state index is 7.57. The molecule has 7 heteroatoms. The highest BCUT2D eigenvalue weighted by Gasteiger charge is 2.29. The molecule has 7 nitrogen and oxygen atoms in total. The number of benzene rings is 4. The Kier molecular flexibility index (Phi) is 16.2. The molecule has 0 aliphatic carbocycles. The first-order valence-corrected chi connectivity index (χ1v) is 20.2. The zero-order valence-corrected chi connectivity index (χ0v) is 34.3. The largest absolute Gasteiger partial charge is 0.493 e. The molecule has 0 N–H and O–H groups in total. The molecule has 53 heavy (non-hydrogen) atoms. The van der Waals surface area contributed by atoms with Crippen LogP contribution >= 0.6 is 0 Å². The van der Waals surface area contributed by atoms with Gasteiger partial charge in [0.25, 0.3) is 0 Å². The van der Waals surface area contributed by atoms with Gasteiger partial charge in [0.05, 0.1) is 13.2 Å². The molecule has 0 bridgehead atoms. The molecule has 0 aliphatic heterocycles. The summed E-state index contributed by atoms with van der Waals surface area (Å²) in [5, 5.41) is 0. The Bertz CT molecular complexity index is 1520. The molecule has 2 unspecified atom stereocenters. The van der Waals surface area contributed by atoms with Crippen molar-refractivity contribution in [1.29, 1.82) is 0 Å². The van der Waals surface area contributed by atoms with Crippen LogP contribution in [0.4, 0.5) is 22.7 Å². The van der Waals surface area contributed by atoms with E-state index in [9.17, 15) is 0 Å². The van der Waals surface area contributed by atoms with Gasteiger partial charge in [0.1, 0.15) is 23.7 Å². The molecule has 4 aromatic carbocycles. The number of hydrogen-bond acceptors (Lipinski definition) is 7. The molecule has 0 saturated heterocycles. The SMILES string of the molecule is CCOc1cc(N(CC)CC)ccc1C(OC(c1ccc(N(CC)CC)cc1)c1ccc(N(CC)CC)cc1OCC)c1ccc(N(CC)CC)cc1. The van der Waals surface area contributed by atoms with Gasteiger partial charge in [-0.2, -0.15) is 0 Å². The highest BCUT2D eigenvalue weighted by atomic mass is 16.5. The first-order valence-electron chi connectivity index (χ1n) is 20.2. The van der Waals surface area contributed by atoms with Crippen LogP contribution in [-0.4, -0.2) is 65.6 Å². The fourth-order valence-electron chi connectivity index (χ4n) is 7.31. The summed E-state index contributed by atoms with van der Waals surface area (Å²) in [5.74, 6) is 1.68. The molecule has 4 rings (SSSR count). The van der Waals surface area contributed by atoms with Crippen molar-refractivity contribution in [2.75, 3.05) is 85.2 Å². The van der Waals surface area contributed by atoms with E-state index in [1.165, 1.54) is 11.4 Å². The summed E-state index contributed by atoms with van der Waals surface area (Å²) in [7, 11) is 0. The zero-order valence-electron chi connectivity index (χ0n) is 34.3. The van der Waals surface area contributed by atoms with Crippen LogP contribution < -0.4 is 29.1 Å². The first kappa shape index (κ1) is 41.4. The first-order chi connectivity index (χ1) is 25.8. The molecule has 0 fully saturated rings. The van der Waals surface area contributed by atoms with E-state index >= 15 is 0 Å². The monoisotopic (exact) mass is 723 g/mol. The fraction of sp³-hybridized carbons (Fsp3) is 0.478. The summed E-state index contributed by atoms with van der Waals surface area (Å²) >= 11 is 0. The van der Waals surface area contributed by atoms with E-state index in [0.29, 0.717) is 13.2 Å². The highest BCUT2D eigenvalue weighted by molar-refractivity contribution is 5.59. The van der Waals surface area contributed by atoms with Gasteiger partial charge in [-0.25, -0.2) is 0 Å². The minimum atomic E-state index is -0.433. The van der Waals surface area contributed by atoms with Gasteiger partial charge in [-0.05, 0) is 117 Å². The molecule has 0 amide bonds. The quantitative estimate of drug-likeness (QED) is 0.0800. The Labute approximate surface area is 321 Å². The van der Waals surface area contributed by atoms with Crippen LogP contribution in [0.15, 0.2) is 84.9 Å². The fourth-order valence-corrected chi connectivity index (χ4v) is 7.31. The average Bonchev–Trinajstić information content (AvgIpc) is 3.19. The lowest BCUT2D eigenvalue weighted by Gasteiger charge is -2.31. The molecule has 4 aromatic rings. The number of ether oxygens (including phenoxy) is 3. The second-order valence-corrected chi connectivity index (χ2v) is 13.1. The lowest BCUT2D eigenvalue weighted by Crippen LogP contribution is -2.23. The number of hydrogen-bond donors (Lipinski definition) is 0. The Morgan fingerprint density at radius 1 is 0.377 bits per heavy atom. The lowest BCUT2D eigenvalue weighted by atomic mass is 9.95. The van der Waals surface area contributed by atoms with E-state index in [1.54, 1.807) is 0 Å². The van der Waals surface area contributed by atoms with Crippen molar-refractivity contribution in [2.45, 2.75) is 81.4 Å². The van der Waals surface area contributed by atoms with E-state index in [4.69, 9.17) is 14.2 Å². The van der Waals surface area contributed by atoms with E-state index in [2.05, 4.69) is 174 Å². The maximum Gasteiger partial charge on any atom is 0.127 e. The van der Waals surface area contributed by atoms with Crippen molar-refractivity contribution in [1.82, 2.24) is 0 Å². The Balaban J connectivity index is 1.97. The third-order valence-corrected chi connectivity index (χ3v) is 10.3. The molecule has 0 aliphatic rings. The Morgan fingerprint density at radius 3 is 0.943 bits per heavy atom. The molecule has 0 aromatic heterocycles. The second kappa shape index (κ2) is 20.8. The third-order valence-electron chi connectivity index (χ3n) is 10.3. The highest BCUT2D eigenvalue weighted by Crippen LogP contribution is 2.44. The van der Waals surface area contributed by atoms with Gasteiger partial charge in [0.2, 0.25) is 0 Å². The van der Waals surface area contributed by atoms with Crippen LogP contribution in [0.1, 0.15) is 104 Å². The summed E-state index contributed by atoms with van der Waals surface area (Å²) < 4.78 is 20.5. The van der Waals surface area contributed by atoms with E-state index in [-0.39, 0.29) is 0 Å². The number of rotatable bonds is 22. The topological polar surface area (TPSA) is 40.7 Å². The summed E-state index contributed by atoms with van der Waals surface area (Å²) in [6.45, 7) is 30.3. The molecule has 2 atom stereocenters. The second-order valence-electron chi connectivity index (χ2n) is 13.1. The standard InChI is InChI=1S/C46H66N4O3/c1-11-47(12-2)37-25-21-35(22-26-37)45(41-31-29-39(49(15-5)16-6)33-43(41)51-19-9)53-46(36-23-27-38(28-24-36)48(13-3)14-4)42-32-30-40(50(17-7)18-8)34-44(42)52-20-10/h21-34,45-46H,11-20H2,1-10H3. The van der Waals surface area contributed by atoms with Gasteiger partial charge in [0.15, 0.2) is 0 Å². The molecule has 0 radical (unpaired) electrons. The predicted molar refractivity (Wildman–Crippen MR) is 227 cm³/mol. The van der Waals surface area contributed by atoms with Crippen molar-refractivity contribution in [3.05, 3.63) is 107 Å². The van der Waals surface area contributed by atoms with Crippen LogP contribution in [-0.2, 0) is 4.74 Å². The summed E-state index contributed by atoms with van der Waals surface area (Å²) in [6.07, 6.45) is -0.866. The van der Waals surface area contributed by atoms with Gasteiger partial charge < -0.3 is 33.8 Å². The van der Waals surface area contributed by atoms with Crippen molar-refractivity contribution in [2.24, 2.45) is 0 Å². The predicted octanol–water partition coefficient (Wildman–Crippen LogP) is 10.8. The van der Waals surface area contributed by atoms with Gasteiger partial charge in [0, 0.05) is 98.4 Å². The van der Waals surface area contributed by atoms with Gasteiger partial charge >= 0.3 is 0 Å². The van der Waals surface area contributed by atoms with Crippen LogP contribution in [0.2, 0.25) is 0 Å². The maximum atomic E-state index is 7.57. The summed E-state index contributed by atoms with van der Waals surface area (Å²) in [4.78, 5) is 9.45. The smallest absolute Gasteiger partial charge is 0.127 e.